The van der Waals surface area contributed by atoms with Gasteiger partial charge in [0.1, 0.15) is 0 Å². The van der Waals surface area contributed by atoms with E-state index >= 15 is 0 Å². The lowest BCUT2D eigenvalue weighted by Gasteiger charge is -2.12. The van der Waals surface area contributed by atoms with Crippen molar-refractivity contribution in [1.29, 1.82) is 0 Å². The average molecular weight is 335 g/mol. The monoisotopic (exact) mass is 335 g/mol. The molecule has 2 N–H and O–H groups in total. The number of rotatable bonds is 5. The van der Waals surface area contributed by atoms with Crippen LogP contribution < -0.4 is 10.3 Å². The van der Waals surface area contributed by atoms with E-state index in [0.717, 1.165) is 24.3 Å². The van der Waals surface area contributed by atoms with Crippen LogP contribution in [0.3, 0.4) is 0 Å². The lowest BCUT2D eigenvalue weighted by Crippen LogP contribution is -2.44. The van der Waals surface area contributed by atoms with Gasteiger partial charge in [-0.25, -0.2) is 22.3 Å². The third-order valence-electron chi connectivity index (χ3n) is 2.99. The first-order valence-electron chi connectivity index (χ1n) is 5.92. The fraction of sp³-hybridized carbons (Fsp3) is 0.400. The van der Waals surface area contributed by atoms with E-state index in [2.05, 4.69) is 10.3 Å². The molecule has 0 radical (unpaired) electrons. The van der Waals surface area contributed by atoms with Crippen molar-refractivity contribution in [3.63, 3.8) is 0 Å². The van der Waals surface area contributed by atoms with Gasteiger partial charge in [0.2, 0.25) is 0 Å². The van der Waals surface area contributed by atoms with Crippen LogP contribution in [-0.2, 0) is 19.9 Å². The van der Waals surface area contributed by atoms with E-state index in [0.29, 0.717) is 6.42 Å². The highest BCUT2D eigenvalue weighted by atomic mass is 32.2. The fourth-order valence-corrected chi connectivity index (χ4v) is 4.48. The van der Waals surface area contributed by atoms with E-state index in [1.165, 1.54) is 0 Å². The van der Waals surface area contributed by atoms with Gasteiger partial charge in [0.05, 0.1) is 21.3 Å². The van der Waals surface area contributed by atoms with E-state index in [4.69, 9.17) is 0 Å². The zero-order valence-electron chi connectivity index (χ0n) is 10.7. The van der Waals surface area contributed by atoms with Gasteiger partial charge in [0, 0.05) is 18.2 Å². The number of benzene rings is 1. The Morgan fingerprint density at radius 1 is 1.24 bits per heavy atom. The molecule has 1 fully saturated rings. The number of non-ortho nitro benzene ring substituents is 1. The summed E-state index contributed by atoms with van der Waals surface area (Å²) in [5.41, 5.74) is 2.24. The van der Waals surface area contributed by atoms with E-state index in [1.807, 2.05) is 0 Å². The molecule has 0 aromatic heterocycles. The summed E-state index contributed by atoms with van der Waals surface area (Å²) in [6, 6.07) is 3.88. The quantitative estimate of drug-likeness (QED) is 0.550. The van der Waals surface area contributed by atoms with E-state index in [9.17, 15) is 26.9 Å². The van der Waals surface area contributed by atoms with Gasteiger partial charge < -0.3 is 0 Å². The highest BCUT2D eigenvalue weighted by molar-refractivity contribution is 7.91. The number of nitro groups is 1. The van der Waals surface area contributed by atoms with Crippen LogP contribution in [0.1, 0.15) is 6.42 Å². The first-order valence-corrected chi connectivity index (χ1v) is 9.22. The summed E-state index contributed by atoms with van der Waals surface area (Å²) in [4.78, 5) is 11.8. The van der Waals surface area contributed by atoms with Gasteiger partial charge in [-0.2, -0.15) is 0 Å². The number of nitro benzene ring substituents is 1. The Hall–Kier alpha value is -1.56. The molecule has 1 atom stereocenters. The fourth-order valence-electron chi connectivity index (χ4n) is 1.88. The van der Waals surface area contributed by atoms with Crippen molar-refractivity contribution < 1.29 is 21.8 Å². The van der Waals surface area contributed by atoms with Gasteiger partial charge in [-0.15, -0.1) is 4.83 Å². The Bertz CT molecular complexity index is 742. The van der Waals surface area contributed by atoms with Crippen molar-refractivity contribution in [1.82, 2.24) is 10.3 Å². The van der Waals surface area contributed by atoms with E-state index < -0.39 is 30.8 Å². The molecule has 1 aliphatic rings. The maximum absolute atomic E-state index is 11.9. The standard InChI is InChI=1S/C10H13N3O6S2/c14-13(15)9-1-3-10(4-2-9)21(18,19)12-11-8-5-6-20(16,17)7-8/h1-4,8,11-12H,5-7H2. The van der Waals surface area contributed by atoms with Crippen molar-refractivity contribution in [3.05, 3.63) is 34.4 Å². The molecule has 116 valence electrons. The minimum Gasteiger partial charge on any atom is -0.258 e. The van der Waals surface area contributed by atoms with Crippen molar-refractivity contribution in [3.8, 4) is 0 Å². The van der Waals surface area contributed by atoms with Crippen molar-refractivity contribution in [2.75, 3.05) is 11.5 Å². The third kappa shape index (κ3) is 3.97. The molecule has 0 aliphatic carbocycles. The molecular weight excluding hydrogens is 322 g/mol. The summed E-state index contributed by atoms with van der Waals surface area (Å²) < 4.78 is 46.4. The summed E-state index contributed by atoms with van der Waals surface area (Å²) in [7, 11) is -7.02. The molecule has 0 spiro atoms. The Labute approximate surface area is 121 Å². The summed E-state index contributed by atoms with van der Waals surface area (Å²) in [6.45, 7) is 0. The SMILES string of the molecule is O=[N+]([O-])c1ccc(S(=O)(=O)NNC2CCS(=O)(=O)C2)cc1. The van der Waals surface area contributed by atoms with Crippen molar-refractivity contribution in [2.45, 2.75) is 17.4 Å². The van der Waals surface area contributed by atoms with Crippen LogP contribution in [0.5, 0.6) is 0 Å². The second kappa shape index (κ2) is 5.67. The molecule has 0 amide bonds. The van der Waals surface area contributed by atoms with Gasteiger partial charge in [-0.1, -0.05) is 0 Å². The minimum absolute atomic E-state index is 0.0178. The molecule has 11 heteroatoms. The van der Waals surface area contributed by atoms with Crippen LogP contribution >= 0.6 is 0 Å². The maximum atomic E-state index is 11.9. The number of nitrogens with one attached hydrogen (secondary N) is 2. The number of sulfone groups is 1. The van der Waals surface area contributed by atoms with Crippen LogP contribution in [0, 0.1) is 10.1 Å². The zero-order chi connectivity index (χ0) is 15.7. The summed E-state index contributed by atoms with van der Waals surface area (Å²) in [5, 5.41) is 10.5. The Morgan fingerprint density at radius 3 is 2.33 bits per heavy atom. The summed E-state index contributed by atoms with van der Waals surface area (Å²) in [5.74, 6) is -0.111. The van der Waals surface area contributed by atoms with Gasteiger partial charge in [0.25, 0.3) is 15.7 Å². The first kappa shape index (κ1) is 15.8. The summed E-state index contributed by atoms with van der Waals surface area (Å²) >= 11 is 0. The normalized spacial score (nSPS) is 21.2. The number of sulfonamides is 1. The number of hydrogen-bond acceptors (Lipinski definition) is 7. The van der Waals surface area contributed by atoms with E-state index in [1.54, 1.807) is 0 Å². The molecule has 9 nitrogen and oxygen atoms in total. The predicted molar refractivity (Wildman–Crippen MR) is 73.6 cm³/mol. The number of hydrogen-bond donors (Lipinski definition) is 2. The summed E-state index contributed by atoms with van der Waals surface area (Å²) in [6.07, 6.45) is 0.325. The van der Waals surface area contributed by atoms with Crippen molar-refractivity contribution in [2.24, 2.45) is 0 Å². The van der Waals surface area contributed by atoms with Gasteiger partial charge in [-0.3, -0.25) is 10.1 Å². The molecule has 1 heterocycles. The average Bonchev–Trinajstić information content (AvgIpc) is 2.76. The maximum Gasteiger partial charge on any atom is 0.269 e. The van der Waals surface area contributed by atoms with Gasteiger partial charge in [0.15, 0.2) is 9.84 Å². The Morgan fingerprint density at radius 2 is 1.86 bits per heavy atom. The topological polar surface area (TPSA) is 135 Å². The van der Waals surface area contributed by atoms with Crippen LogP contribution in [0.2, 0.25) is 0 Å². The van der Waals surface area contributed by atoms with Gasteiger partial charge in [-0.05, 0) is 18.6 Å². The Kier molecular flexibility index (Phi) is 4.27. The molecular formula is C10H13N3O6S2. The molecule has 1 aromatic rings. The lowest BCUT2D eigenvalue weighted by atomic mass is 10.3. The van der Waals surface area contributed by atoms with Gasteiger partial charge >= 0.3 is 0 Å². The number of hydrazine groups is 1. The molecule has 1 unspecified atom stereocenters. The first-order chi connectivity index (χ1) is 9.70. The molecule has 0 saturated carbocycles. The molecule has 2 rings (SSSR count). The van der Waals surface area contributed by atoms with Crippen LogP contribution in [0.25, 0.3) is 0 Å². The molecule has 21 heavy (non-hydrogen) atoms. The highest BCUT2D eigenvalue weighted by Crippen LogP contribution is 2.16. The third-order valence-corrected chi connectivity index (χ3v) is 6.03. The lowest BCUT2D eigenvalue weighted by molar-refractivity contribution is -0.384. The number of nitrogens with zero attached hydrogens (tertiary/aromatic N) is 1. The van der Waals surface area contributed by atoms with Crippen LogP contribution in [0.4, 0.5) is 5.69 Å². The second-order valence-electron chi connectivity index (χ2n) is 4.60. The smallest absolute Gasteiger partial charge is 0.258 e. The molecule has 1 saturated heterocycles. The predicted octanol–water partition coefficient (Wildman–Crippen LogP) is -0.435. The highest BCUT2D eigenvalue weighted by Gasteiger charge is 2.28. The van der Waals surface area contributed by atoms with E-state index in [-0.39, 0.29) is 22.1 Å². The molecule has 0 bridgehead atoms. The zero-order valence-corrected chi connectivity index (χ0v) is 12.4. The largest absolute Gasteiger partial charge is 0.269 e. The van der Waals surface area contributed by atoms with Crippen LogP contribution in [0.15, 0.2) is 29.2 Å². The molecule has 1 aliphatic heterocycles. The second-order valence-corrected chi connectivity index (χ2v) is 8.51. The minimum atomic E-state index is -3.91. The van der Waals surface area contributed by atoms with Crippen molar-refractivity contribution >= 4 is 25.5 Å². The molecule has 1 aromatic carbocycles. The van der Waals surface area contributed by atoms with Crippen LogP contribution in [-0.4, -0.2) is 39.3 Å². The Balaban J connectivity index is 2.03.